The van der Waals surface area contributed by atoms with Crippen LogP contribution >= 0.6 is 0 Å². The fourth-order valence-corrected chi connectivity index (χ4v) is 9.72. The first-order valence-electron chi connectivity index (χ1n) is 27.4. The molecule has 0 aromatic heterocycles. The van der Waals surface area contributed by atoms with Gasteiger partial charge in [0.15, 0.2) is 17.4 Å². The van der Waals surface area contributed by atoms with Gasteiger partial charge >= 0.3 is 35.8 Å². The first kappa shape index (κ1) is 61.1. The summed E-state index contributed by atoms with van der Waals surface area (Å²) < 4.78 is 69.0. The minimum absolute atomic E-state index is 0.0582. The number of carbonyl (C=O) groups excluding carboxylic acids is 6. The molecule has 4 aliphatic rings. The van der Waals surface area contributed by atoms with Crippen molar-refractivity contribution in [2.75, 3.05) is 39.6 Å². The molecule has 4 rings (SSSR count). The zero-order valence-corrected chi connectivity index (χ0v) is 44.6. The van der Waals surface area contributed by atoms with Crippen molar-refractivity contribution in [1.29, 1.82) is 0 Å². The highest BCUT2D eigenvalue weighted by Gasteiger charge is 2.42. The Morgan fingerprint density at radius 2 is 0.403 bits per heavy atom. The van der Waals surface area contributed by atoms with E-state index in [2.05, 4.69) is 0 Å². The number of rotatable bonds is 0. The fourth-order valence-electron chi connectivity index (χ4n) is 9.72. The van der Waals surface area contributed by atoms with E-state index in [0.29, 0.717) is 38.5 Å². The molecule has 0 saturated carbocycles. The van der Waals surface area contributed by atoms with E-state index in [1.165, 1.54) is 0 Å². The molecular formula is C54H90O18. The molecule has 4 aliphatic heterocycles. The maximum atomic E-state index is 12.3. The number of carbonyl (C=O) groups is 6. The molecule has 4 saturated heterocycles. The van der Waals surface area contributed by atoms with Crippen molar-refractivity contribution >= 4 is 35.8 Å². The van der Waals surface area contributed by atoms with Crippen molar-refractivity contribution in [2.45, 2.75) is 269 Å². The average Bonchev–Trinajstić information content (AvgIpc) is 3.89. The van der Waals surface area contributed by atoms with Crippen LogP contribution in [0.25, 0.3) is 0 Å². The standard InChI is InChI=1S/C54H90O18/c1-52(2)67-40-25-13-7-19-31-61-46(55)37-48(57)63-33-21-9-15-27-42-44(71-53(3,4)69-42)29-17-11-23-35-65-50(59)39-51(60)66-36-24-12-18-30-45-43(70-54(5,6)72-45)28-16-10-22-34-64-49(58)38-47(56)62-32-20-8-14-26-41(40)68-52/h40-45H,7-39H2,1-6H3/t40-,41-,42-,43-,44-,45-/m0/s1. The lowest BCUT2D eigenvalue weighted by atomic mass is 10.0. The summed E-state index contributed by atoms with van der Waals surface area (Å²) in [6.45, 7) is 12.8. The first-order chi connectivity index (χ1) is 34.4. The van der Waals surface area contributed by atoms with E-state index < -0.39 is 72.4 Å². The molecule has 0 bridgehead atoms. The van der Waals surface area contributed by atoms with Crippen LogP contribution in [0.15, 0.2) is 0 Å². The lowest BCUT2D eigenvalue weighted by molar-refractivity contribution is -0.156. The van der Waals surface area contributed by atoms with Crippen molar-refractivity contribution < 1.29 is 85.6 Å². The zero-order valence-electron chi connectivity index (χ0n) is 44.6. The Bertz CT molecular complexity index is 1340. The van der Waals surface area contributed by atoms with E-state index >= 15 is 0 Å². The summed E-state index contributed by atoms with van der Waals surface area (Å²) in [5.74, 6) is -5.63. The number of fused-ring (bicyclic) bond motifs is 3. The first-order valence-corrected chi connectivity index (χ1v) is 27.4. The molecule has 0 unspecified atom stereocenters. The SMILES string of the molecule is CC1(C)O[C@H]2CCCCCOC(=O)CC(=O)OCCCCC[C@@H]3OC(C)(C)O[C@H]3CCCCCOC(=O)CC(=O)OCCCCC[C@@H]3OC(C)(C)O[C@H]3CCCCCOC(=O)CC(=O)OCCCCC[C@@H]2O1. The molecule has 6 atom stereocenters. The lowest BCUT2D eigenvalue weighted by Gasteiger charge is -2.16. The van der Waals surface area contributed by atoms with Crippen LogP contribution in [0.1, 0.15) is 215 Å². The van der Waals surface area contributed by atoms with E-state index in [1.807, 2.05) is 41.5 Å². The molecule has 4 fully saturated rings. The van der Waals surface area contributed by atoms with Gasteiger partial charge in [0.25, 0.3) is 0 Å². The van der Waals surface area contributed by atoms with E-state index in [4.69, 9.17) is 56.8 Å². The Balaban J connectivity index is 1.17. The lowest BCUT2D eigenvalue weighted by Crippen LogP contribution is -2.22. The number of ether oxygens (including phenoxy) is 12. The molecule has 0 aromatic carbocycles. The molecule has 0 aliphatic carbocycles. The van der Waals surface area contributed by atoms with Gasteiger partial charge in [0, 0.05) is 0 Å². The van der Waals surface area contributed by atoms with Crippen LogP contribution < -0.4 is 0 Å². The van der Waals surface area contributed by atoms with E-state index in [9.17, 15) is 28.8 Å². The minimum atomic E-state index is -0.681. The number of cyclic esters (lactones) is 6. The minimum Gasteiger partial charge on any atom is -0.465 e. The normalized spacial score (nSPS) is 30.8. The van der Waals surface area contributed by atoms with Crippen molar-refractivity contribution in [1.82, 2.24) is 0 Å². The molecule has 0 radical (unpaired) electrons. The van der Waals surface area contributed by atoms with Gasteiger partial charge in [-0.2, -0.15) is 0 Å². The Morgan fingerprint density at radius 1 is 0.250 bits per heavy atom. The maximum absolute atomic E-state index is 12.3. The fraction of sp³-hybridized carbons (Fsp3) is 0.889. The van der Waals surface area contributed by atoms with Gasteiger partial charge in [-0.15, -0.1) is 0 Å². The zero-order chi connectivity index (χ0) is 52.2. The van der Waals surface area contributed by atoms with Crippen LogP contribution in [0.5, 0.6) is 0 Å². The second-order valence-electron chi connectivity index (χ2n) is 21.1. The molecule has 0 spiro atoms. The molecular weight excluding hydrogens is 937 g/mol. The molecule has 4 heterocycles. The summed E-state index contributed by atoms with van der Waals surface area (Å²) in [7, 11) is 0. The second-order valence-corrected chi connectivity index (χ2v) is 21.1. The van der Waals surface area contributed by atoms with Gasteiger partial charge in [-0.3, -0.25) is 28.8 Å². The predicted molar refractivity (Wildman–Crippen MR) is 262 cm³/mol. The van der Waals surface area contributed by atoms with Crippen molar-refractivity contribution in [3.8, 4) is 0 Å². The third-order valence-electron chi connectivity index (χ3n) is 13.1. The highest BCUT2D eigenvalue weighted by atomic mass is 16.8. The third-order valence-corrected chi connectivity index (χ3v) is 13.1. The van der Waals surface area contributed by atoms with Gasteiger partial charge in [-0.25, -0.2) is 0 Å². The van der Waals surface area contributed by atoms with Gasteiger partial charge in [-0.1, -0.05) is 38.5 Å². The van der Waals surface area contributed by atoms with Crippen LogP contribution in [-0.2, 0) is 85.6 Å². The van der Waals surface area contributed by atoms with Crippen LogP contribution in [0.3, 0.4) is 0 Å². The smallest absolute Gasteiger partial charge is 0.317 e. The van der Waals surface area contributed by atoms with E-state index in [1.54, 1.807) is 0 Å². The summed E-state index contributed by atoms with van der Waals surface area (Å²) in [5.41, 5.74) is 0. The van der Waals surface area contributed by atoms with Crippen LogP contribution in [0.2, 0.25) is 0 Å². The van der Waals surface area contributed by atoms with Crippen molar-refractivity contribution in [3.63, 3.8) is 0 Å². The molecule has 0 N–H and O–H groups in total. The predicted octanol–water partition coefficient (Wildman–Crippen LogP) is 9.35. The Morgan fingerprint density at radius 3 is 0.556 bits per heavy atom. The van der Waals surface area contributed by atoms with Crippen molar-refractivity contribution in [3.05, 3.63) is 0 Å². The highest BCUT2D eigenvalue weighted by Crippen LogP contribution is 2.36. The highest BCUT2D eigenvalue weighted by molar-refractivity contribution is 5.92. The third kappa shape index (κ3) is 26.2. The monoisotopic (exact) mass is 1030 g/mol. The van der Waals surface area contributed by atoms with Crippen LogP contribution in [0.4, 0.5) is 0 Å². The Kier molecular flexibility index (Phi) is 27.8. The van der Waals surface area contributed by atoms with Gasteiger partial charge in [0.05, 0.1) is 76.3 Å². The number of hydrogen-bond acceptors (Lipinski definition) is 18. The van der Waals surface area contributed by atoms with Gasteiger partial charge in [0.1, 0.15) is 19.3 Å². The summed E-state index contributed by atoms with van der Waals surface area (Å²) >= 11 is 0. The molecule has 18 nitrogen and oxygen atoms in total. The molecule has 72 heavy (non-hydrogen) atoms. The Hall–Kier alpha value is -3.42. The Labute approximate surface area is 428 Å². The number of hydrogen-bond donors (Lipinski definition) is 0. The maximum Gasteiger partial charge on any atom is 0.317 e. The van der Waals surface area contributed by atoms with Gasteiger partial charge in [-0.05, 0) is 157 Å². The molecule has 18 heteroatoms. The van der Waals surface area contributed by atoms with E-state index in [-0.39, 0.29) is 76.3 Å². The molecule has 0 aromatic rings. The average molecular weight is 1030 g/mol. The van der Waals surface area contributed by atoms with E-state index in [0.717, 1.165) is 116 Å². The second kappa shape index (κ2) is 32.8. The van der Waals surface area contributed by atoms with Crippen molar-refractivity contribution in [2.24, 2.45) is 0 Å². The summed E-state index contributed by atoms with van der Waals surface area (Å²) in [4.78, 5) is 73.7. The molecule has 0 amide bonds. The van der Waals surface area contributed by atoms with Gasteiger partial charge < -0.3 is 56.8 Å². The topological polar surface area (TPSA) is 213 Å². The van der Waals surface area contributed by atoms with Gasteiger partial charge in [0.2, 0.25) is 0 Å². The summed E-state index contributed by atoms with van der Waals surface area (Å²) in [5, 5.41) is 0. The summed E-state index contributed by atoms with van der Waals surface area (Å²) in [6.07, 6.45) is 17.3. The summed E-state index contributed by atoms with van der Waals surface area (Å²) in [6, 6.07) is 0. The largest absolute Gasteiger partial charge is 0.465 e. The quantitative estimate of drug-likeness (QED) is 0.126. The number of esters is 6. The molecule has 414 valence electrons. The van der Waals surface area contributed by atoms with Crippen LogP contribution in [-0.4, -0.2) is 129 Å². The van der Waals surface area contributed by atoms with Crippen LogP contribution in [0, 0.1) is 0 Å².